The molecule has 1 aliphatic rings. The summed E-state index contributed by atoms with van der Waals surface area (Å²) in [6.07, 6.45) is 6.39. The molecule has 0 aromatic carbocycles. The molecule has 9 nitrogen and oxygen atoms in total. The van der Waals surface area contributed by atoms with Crippen molar-refractivity contribution in [3.05, 3.63) is 69.9 Å². The van der Waals surface area contributed by atoms with Crippen molar-refractivity contribution in [2.24, 2.45) is 0 Å². The van der Waals surface area contributed by atoms with Crippen LogP contribution in [0.1, 0.15) is 50.5 Å². The van der Waals surface area contributed by atoms with Gasteiger partial charge in [-0.2, -0.15) is 5.10 Å². The van der Waals surface area contributed by atoms with Crippen LogP contribution in [0.5, 0.6) is 0 Å². The standard InChI is InChI=1S/C21H21ClN6O3/c1-12-7-14(8-25-19(12)28-10-15(22)9-26-28)13(2)27-11-17-16(21(27)31)3-4-23-18(17)20(30)24-5-6-29/h3-4,7-10,13,29H,5-6,11H2,1-2H3,(H,24,30). The molecule has 2 amide bonds. The molecule has 0 saturated carbocycles. The number of rotatable bonds is 6. The molecule has 3 aromatic rings. The highest BCUT2D eigenvalue weighted by molar-refractivity contribution is 6.30. The number of aliphatic hydroxyl groups is 1. The molecule has 1 atom stereocenters. The number of carbonyl (C=O) groups is 2. The van der Waals surface area contributed by atoms with Gasteiger partial charge in [0.05, 0.1) is 30.1 Å². The lowest BCUT2D eigenvalue weighted by atomic mass is 10.1. The third-order valence-corrected chi connectivity index (χ3v) is 5.47. The van der Waals surface area contributed by atoms with E-state index in [0.717, 1.165) is 11.1 Å². The van der Waals surface area contributed by atoms with Crippen molar-refractivity contribution in [3.8, 4) is 5.82 Å². The highest BCUT2D eigenvalue weighted by Gasteiger charge is 2.35. The molecule has 4 heterocycles. The first kappa shape index (κ1) is 21.0. The summed E-state index contributed by atoms with van der Waals surface area (Å²) < 4.78 is 1.60. The number of aromatic nitrogens is 4. The Morgan fingerprint density at radius 1 is 1.35 bits per heavy atom. The molecule has 1 aliphatic heterocycles. The van der Waals surface area contributed by atoms with Gasteiger partial charge < -0.3 is 15.3 Å². The molecule has 0 aliphatic carbocycles. The first-order valence-corrected chi connectivity index (χ1v) is 10.1. The van der Waals surface area contributed by atoms with Gasteiger partial charge in [-0.1, -0.05) is 11.6 Å². The van der Waals surface area contributed by atoms with Gasteiger partial charge in [0, 0.05) is 36.6 Å². The van der Waals surface area contributed by atoms with Crippen molar-refractivity contribution in [1.82, 2.24) is 30.0 Å². The smallest absolute Gasteiger partial charge is 0.270 e. The summed E-state index contributed by atoms with van der Waals surface area (Å²) in [7, 11) is 0. The number of carbonyl (C=O) groups excluding carboxylic acids is 2. The Labute approximate surface area is 183 Å². The van der Waals surface area contributed by atoms with Crippen molar-refractivity contribution < 1.29 is 14.7 Å². The van der Waals surface area contributed by atoms with E-state index in [9.17, 15) is 9.59 Å². The number of hydrogen-bond acceptors (Lipinski definition) is 6. The Bertz CT molecular complexity index is 1160. The normalized spacial score (nSPS) is 13.9. The average molecular weight is 441 g/mol. The molecular weight excluding hydrogens is 420 g/mol. The van der Waals surface area contributed by atoms with Gasteiger partial charge in [-0.15, -0.1) is 0 Å². The second-order valence-electron chi connectivity index (χ2n) is 7.29. The maximum absolute atomic E-state index is 13.1. The molecule has 0 bridgehead atoms. The van der Waals surface area contributed by atoms with Crippen LogP contribution in [0.4, 0.5) is 0 Å². The van der Waals surface area contributed by atoms with Gasteiger partial charge in [-0.3, -0.25) is 14.6 Å². The van der Waals surface area contributed by atoms with Crippen LogP contribution in [-0.4, -0.2) is 54.7 Å². The number of aliphatic hydroxyl groups excluding tert-OH is 1. The number of fused-ring (bicyclic) bond motifs is 1. The summed E-state index contributed by atoms with van der Waals surface area (Å²) in [6, 6.07) is 3.32. The fraction of sp³-hybridized carbons (Fsp3) is 0.286. The summed E-state index contributed by atoms with van der Waals surface area (Å²) >= 11 is 5.95. The van der Waals surface area contributed by atoms with Gasteiger partial charge >= 0.3 is 0 Å². The van der Waals surface area contributed by atoms with E-state index in [1.807, 2.05) is 19.9 Å². The van der Waals surface area contributed by atoms with Crippen molar-refractivity contribution in [1.29, 1.82) is 0 Å². The lowest BCUT2D eigenvalue weighted by Crippen LogP contribution is -2.29. The van der Waals surface area contributed by atoms with E-state index in [0.29, 0.717) is 22.0 Å². The third kappa shape index (κ3) is 3.89. The van der Waals surface area contributed by atoms with Gasteiger partial charge in [0.25, 0.3) is 11.8 Å². The monoisotopic (exact) mass is 440 g/mol. The second kappa shape index (κ2) is 8.44. The zero-order valence-electron chi connectivity index (χ0n) is 17.0. The number of pyridine rings is 2. The van der Waals surface area contributed by atoms with Crippen molar-refractivity contribution >= 4 is 23.4 Å². The molecule has 160 valence electrons. The fourth-order valence-electron chi connectivity index (χ4n) is 3.67. The number of aryl methyl sites for hydroxylation is 1. The molecule has 4 rings (SSSR count). The second-order valence-corrected chi connectivity index (χ2v) is 7.72. The summed E-state index contributed by atoms with van der Waals surface area (Å²) in [5.74, 6) is 0.0839. The van der Waals surface area contributed by atoms with Gasteiger partial charge in [-0.25, -0.2) is 9.67 Å². The van der Waals surface area contributed by atoms with Crippen LogP contribution >= 0.6 is 11.6 Å². The minimum atomic E-state index is -0.409. The summed E-state index contributed by atoms with van der Waals surface area (Å²) in [5, 5.41) is 16.2. The number of nitrogens with one attached hydrogen (secondary N) is 1. The molecule has 3 aromatic heterocycles. The van der Waals surface area contributed by atoms with E-state index in [1.165, 1.54) is 6.20 Å². The average Bonchev–Trinajstić information content (AvgIpc) is 3.34. The van der Waals surface area contributed by atoms with E-state index >= 15 is 0 Å². The first-order valence-electron chi connectivity index (χ1n) is 9.75. The molecule has 31 heavy (non-hydrogen) atoms. The highest BCUT2D eigenvalue weighted by Crippen LogP contribution is 2.32. The van der Waals surface area contributed by atoms with Crippen molar-refractivity contribution in [2.75, 3.05) is 13.2 Å². The van der Waals surface area contributed by atoms with Gasteiger partial charge in [0.2, 0.25) is 0 Å². The van der Waals surface area contributed by atoms with Gasteiger partial charge in [0.15, 0.2) is 5.82 Å². The van der Waals surface area contributed by atoms with Gasteiger partial charge in [0.1, 0.15) is 5.69 Å². The van der Waals surface area contributed by atoms with E-state index in [2.05, 4.69) is 20.4 Å². The number of halogens is 1. The van der Waals surface area contributed by atoms with Crippen LogP contribution in [-0.2, 0) is 6.54 Å². The van der Waals surface area contributed by atoms with Crippen molar-refractivity contribution in [3.63, 3.8) is 0 Å². The summed E-state index contributed by atoms with van der Waals surface area (Å²) in [5.41, 5.74) is 3.00. The SMILES string of the molecule is Cc1cc(C(C)N2Cc3c(ccnc3C(=O)NCCO)C2=O)cnc1-n1cc(Cl)cn1. The zero-order chi connectivity index (χ0) is 22.1. The minimum Gasteiger partial charge on any atom is -0.395 e. The Kier molecular flexibility index (Phi) is 5.71. The molecular formula is C21H21ClN6O3. The molecule has 0 radical (unpaired) electrons. The lowest BCUT2D eigenvalue weighted by molar-refractivity contribution is 0.0714. The van der Waals surface area contributed by atoms with E-state index in [-0.39, 0.29) is 37.3 Å². The molecule has 0 spiro atoms. The van der Waals surface area contributed by atoms with E-state index in [4.69, 9.17) is 16.7 Å². The number of nitrogens with zero attached hydrogens (tertiary/aromatic N) is 5. The van der Waals surface area contributed by atoms with Crippen LogP contribution in [0.3, 0.4) is 0 Å². The number of amides is 2. The zero-order valence-corrected chi connectivity index (χ0v) is 17.8. The summed E-state index contributed by atoms with van der Waals surface area (Å²) in [4.78, 5) is 35.8. The van der Waals surface area contributed by atoms with Gasteiger partial charge in [-0.05, 0) is 37.1 Å². The lowest BCUT2D eigenvalue weighted by Gasteiger charge is -2.25. The summed E-state index contributed by atoms with van der Waals surface area (Å²) in [6.45, 7) is 4.05. The first-order chi connectivity index (χ1) is 14.9. The maximum Gasteiger partial charge on any atom is 0.270 e. The molecule has 10 heteroatoms. The highest BCUT2D eigenvalue weighted by atomic mass is 35.5. The van der Waals surface area contributed by atoms with Crippen LogP contribution in [0.25, 0.3) is 5.82 Å². The molecule has 1 unspecified atom stereocenters. The Morgan fingerprint density at radius 3 is 2.84 bits per heavy atom. The predicted octanol–water partition coefficient (Wildman–Crippen LogP) is 2.06. The largest absolute Gasteiger partial charge is 0.395 e. The third-order valence-electron chi connectivity index (χ3n) is 5.28. The minimum absolute atomic E-state index is 0.122. The quantitative estimate of drug-likeness (QED) is 0.606. The fourth-order valence-corrected chi connectivity index (χ4v) is 3.80. The molecule has 2 N–H and O–H groups in total. The topological polar surface area (TPSA) is 113 Å². The predicted molar refractivity (Wildman–Crippen MR) is 113 cm³/mol. The van der Waals surface area contributed by atoms with Crippen LogP contribution in [0.15, 0.2) is 36.9 Å². The molecule has 0 saturated heterocycles. The van der Waals surface area contributed by atoms with Crippen LogP contribution in [0, 0.1) is 6.92 Å². The van der Waals surface area contributed by atoms with E-state index < -0.39 is 5.91 Å². The van der Waals surface area contributed by atoms with Crippen molar-refractivity contribution in [2.45, 2.75) is 26.4 Å². The van der Waals surface area contributed by atoms with Crippen LogP contribution in [0.2, 0.25) is 5.02 Å². The Balaban J connectivity index is 1.59. The maximum atomic E-state index is 13.1. The Morgan fingerprint density at radius 2 is 2.16 bits per heavy atom. The van der Waals surface area contributed by atoms with Crippen LogP contribution < -0.4 is 5.32 Å². The van der Waals surface area contributed by atoms with E-state index in [1.54, 1.807) is 34.2 Å². The number of hydrogen-bond donors (Lipinski definition) is 2. The molecule has 0 fully saturated rings. The Hall–Kier alpha value is -3.30.